The van der Waals surface area contributed by atoms with Crippen molar-refractivity contribution in [2.45, 2.75) is 24.3 Å². The van der Waals surface area contributed by atoms with Gasteiger partial charge in [0.2, 0.25) is 15.9 Å². The number of nitrogens with one attached hydrogen (secondary N) is 1. The first-order chi connectivity index (χ1) is 16.4. The molecule has 3 aromatic carbocycles. The van der Waals surface area contributed by atoms with E-state index in [1.165, 1.54) is 4.31 Å². The van der Waals surface area contributed by atoms with Crippen LogP contribution in [0.15, 0.2) is 90.0 Å². The molecule has 0 spiro atoms. The van der Waals surface area contributed by atoms with Crippen LogP contribution in [-0.2, 0) is 27.8 Å². The third-order valence-corrected chi connectivity index (χ3v) is 7.73. The molecule has 0 radical (unpaired) electrons. The van der Waals surface area contributed by atoms with Crippen molar-refractivity contribution in [1.82, 2.24) is 14.1 Å². The number of hydrogen-bond donors (Lipinski definition) is 1. The van der Waals surface area contributed by atoms with E-state index in [2.05, 4.69) is 5.32 Å². The number of aromatic nitrogens is 2. The van der Waals surface area contributed by atoms with Gasteiger partial charge < -0.3 is 5.32 Å². The second-order valence-electron chi connectivity index (χ2n) is 8.28. The number of carbonyl (C=O) groups is 1. The van der Waals surface area contributed by atoms with Crippen LogP contribution < -0.4 is 5.32 Å². The van der Waals surface area contributed by atoms with Gasteiger partial charge in [0.15, 0.2) is 0 Å². The van der Waals surface area contributed by atoms with E-state index < -0.39 is 10.0 Å². The average molecular weight is 473 g/mol. The lowest BCUT2D eigenvalue weighted by atomic mass is 10.0. The van der Waals surface area contributed by atoms with Crippen molar-refractivity contribution in [2.75, 3.05) is 12.4 Å². The molecule has 0 aliphatic carbocycles. The number of sulfonamides is 1. The third-order valence-electron chi connectivity index (χ3n) is 5.93. The molecule has 0 saturated carbocycles. The van der Waals surface area contributed by atoms with Gasteiger partial charge in [0.1, 0.15) is 0 Å². The number of nitrogens with zero attached hydrogens (tertiary/aromatic N) is 3. The van der Waals surface area contributed by atoms with Crippen LogP contribution in [0.3, 0.4) is 0 Å². The quantitative estimate of drug-likeness (QED) is 0.455. The maximum Gasteiger partial charge on any atom is 0.243 e. The van der Waals surface area contributed by atoms with Gasteiger partial charge in [0.25, 0.3) is 0 Å². The van der Waals surface area contributed by atoms with Gasteiger partial charge in [-0.15, -0.1) is 0 Å². The minimum atomic E-state index is -3.75. The van der Waals surface area contributed by atoms with Gasteiger partial charge in [-0.3, -0.25) is 4.79 Å². The lowest BCUT2D eigenvalue weighted by molar-refractivity contribution is -0.116. The van der Waals surface area contributed by atoms with Crippen molar-refractivity contribution >= 4 is 21.6 Å². The highest BCUT2D eigenvalue weighted by Gasteiger charge is 2.25. The highest BCUT2D eigenvalue weighted by molar-refractivity contribution is 7.89. The van der Waals surface area contributed by atoms with E-state index in [9.17, 15) is 13.2 Å². The summed E-state index contributed by atoms with van der Waals surface area (Å²) in [5, 5.41) is 7.57. The summed E-state index contributed by atoms with van der Waals surface area (Å²) in [7, 11) is -2.18. The molecule has 1 amide bonds. The van der Waals surface area contributed by atoms with Crippen LogP contribution in [-0.4, -0.2) is 35.5 Å². The predicted molar refractivity (Wildman–Crippen MR) is 131 cm³/mol. The maximum absolute atomic E-state index is 13.4. The number of rotatable bonds is 6. The predicted octanol–water partition coefficient (Wildman–Crippen LogP) is 4.24. The molecule has 0 fully saturated rings. The van der Waals surface area contributed by atoms with Crippen LogP contribution in [0.2, 0.25) is 0 Å². The third kappa shape index (κ3) is 4.25. The molecule has 1 aliphatic heterocycles. The minimum Gasteiger partial charge on any atom is -0.326 e. The first-order valence-electron chi connectivity index (χ1n) is 11.0. The Balaban J connectivity index is 1.49. The van der Waals surface area contributed by atoms with E-state index in [0.717, 1.165) is 28.1 Å². The molecule has 0 unspecified atom stereocenters. The topological polar surface area (TPSA) is 84.3 Å². The van der Waals surface area contributed by atoms with Gasteiger partial charge in [-0.05, 0) is 42.3 Å². The molecule has 7 nitrogen and oxygen atoms in total. The van der Waals surface area contributed by atoms with Crippen molar-refractivity contribution in [3.8, 4) is 16.9 Å². The second-order valence-corrected chi connectivity index (χ2v) is 10.3. The summed E-state index contributed by atoms with van der Waals surface area (Å²) < 4.78 is 30.0. The fourth-order valence-corrected chi connectivity index (χ4v) is 5.30. The first kappa shape index (κ1) is 22.1. The highest BCUT2D eigenvalue weighted by atomic mass is 32.2. The Labute approximate surface area is 198 Å². The van der Waals surface area contributed by atoms with Crippen LogP contribution in [0.4, 0.5) is 5.69 Å². The van der Waals surface area contributed by atoms with E-state index in [1.807, 2.05) is 66.9 Å². The van der Waals surface area contributed by atoms with Crippen LogP contribution in [0, 0.1) is 0 Å². The molecule has 4 aromatic rings. The average Bonchev–Trinajstić information content (AvgIpc) is 3.28. The maximum atomic E-state index is 13.4. The highest BCUT2D eigenvalue weighted by Crippen LogP contribution is 2.29. The Morgan fingerprint density at radius 3 is 2.41 bits per heavy atom. The zero-order valence-electron chi connectivity index (χ0n) is 18.7. The minimum absolute atomic E-state index is 0.0518. The van der Waals surface area contributed by atoms with E-state index in [4.69, 9.17) is 5.10 Å². The van der Waals surface area contributed by atoms with E-state index in [1.54, 1.807) is 29.9 Å². The van der Waals surface area contributed by atoms with Crippen molar-refractivity contribution in [3.63, 3.8) is 0 Å². The lowest BCUT2D eigenvalue weighted by Crippen LogP contribution is -2.27. The summed E-state index contributed by atoms with van der Waals surface area (Å²) >= 11 is 0. The van der Waals surface area contributed by atoms with Gasteiger partial charge in [-0.2, -0.15) is 9.40 Å². The van der Waals surface area contributed by atoms with Crippen molar-refractivity contribution in [2.24, 2.45) is 0 Å². The summed E-state index contributed by atoms with van der Waals surface area (Å²) in [6, 6.07) is 24.3. The summed E-state index contributed by atoms with van der Waals surface area (Å²) in [4.78, 5) is 11.8. The summed E-state index contributed by atoms with van der Waals surface area (Å²) in [6.07, 6.45) is 2.76. The second kappa shape index (κ2) is 8.89. The standard InChI is InChI=1S/C26H24N4O3S/c1-29(34(32,33)23-13-14-24-20(16-23)12-15-25(31)27-24)17-21-18-30(22-10-6-3-7-11-22)28-26(21)19-8-4-2-5-9-19/h2-11,13-14,16,18H,12,15,17H2,1H3,(H,27,31). The summed E-state index contributed by atoms with van der Waals surface area (Å²) in [5.74, 6) is -0.0518. The fraction of sp³-hybridized carbons (Fsp3) is 0.154. The zero-order chi connectivity index (χ0) is 23.7. The number of fused-ring (bicyclic) bond motifs is 1. The Kier molecular flexibility index (Phi) is 5.77. The Morgan fingerprint density at radius 2 is 1.68 bits per heavy atom. The zero-order valence-corrected chi connectivity index (χ0v) is 19.5. The molecule has 1 N–H and O–H groups in total. The number of para-hydroxylation sites is 1. The van der Waals surface area contributed by atoms with Crippen LogP contribution in [0.25, 0.3) is 16.9 Å². The number of amides is 1. The largest absolute Gasteiger partial charge is 0.326 e. The molecular weight excluding hydrogens is 448 g/mol. The number of benzene rings is 3. The molecule has 34 heavy (non-hydrogen) atoms. The normalized spacial score (nSPS) is 13.5. The smallest absolute Gasteiger partial charge is 0.243 e. The summed E-state index contributed by atoms with van der Waals surface area (Å²) in [5.41, 5.74) is 4.85. The van der Waals surface area contributed by atoms with Crippen LogP contribution >= 0.6 is 0 Å². The van der Waals surface area contributed by atoms with Gasteiger partial charge in [0, 0.05) is 43.0 Å². The van der Waals surface area contributed by atoms with Crippen molar-refractivity contribution < 1.29 is 13.2 Å². The number of hydrogen-bond acceptors (Lipinski definition) is 4. The SMILES string of the molecule is CN(Cc1cn(-c2ccccc2)nc1-c1ccccc1)S(=O)(=O)c1ccc2c(c1)CCC(=O)N2. The fourth-order valence-electron chi connectivity index (χ4n) is 4.10. The molecule has 172 valence electrons. The van der Waals surface area contributed by atoms with Gasteiger partial charge in [-0.1, -0.05) is 48.5 Å². The van der Waals surface area contributed by atoms with E-state index >= 15 is 0 Å². The Bertz CT molecular complexity index is 1450. The number of carbonyl (C=O) groups excluding carboxylic acids is 1. The molecule has 8 heteroatoms. The van der Waals surface area contributed by atoms with E-state index in [0.29, 0.717) is 18.5 Å². The number of anilines is 1. The van der Waals surface area contributed by atoms with Crippen molar-refractivity contribution in [1.29, 1.82) is 0 Å². The van der Waals surface area contributed by atoms with Gasteiger partial charge in [0.05, 0.1) is 16.3 Å². The molecular formula is C26H24N4O3S. The van der Waals surface area contributed by atoms with Crippen LogP contribution in [0.5, 0.6) is 0 Å². The monoisotopic (exact) mass is 472 g/mol. The van der Waals surface area contributed by atoms with Gasteiger partial charge >= 0.3 is 0 Å². The Morgan fingerprint density at radius 1 is 0.971 bits per heavy atom. The Hall–Kier alpha value is -3.75. The summed E-state index contributed by atoms with van der Waals surface area (Å²) in [6.45, 7) is 0.160. The van der Waals surface area contributed by atoms with E-state index in [-0.39, 0.29) is 17.3 Å². The van der Waals surface area contributed by atoms with Crippen LogP contribution in [0.1, 0.15) is 17.5 Å². The first-order valence-corrected chi connectivity index (χ1v) is 12.4. The molecule has 0 atom stereocenters. The molecule has 2 heterocycles. The lowest BCUT2D eigenvalue weighted by Gasteiger charge is -2.20. The molecule has 5 rings (SSSR count). The molecule has 1 aliphatic rings. The molecule has 0 saturated heterocycles. The molecule has 1 aromatic heterocycles. The van der Waals surface area contributed by atoms with Gasteiger partial charge in [-0.25, -0.2) is 13.1 Å². The number of aryl methyl sites for hydroxylation is 1. The molecule has 0 bridgehead atoms. The van der Waals surface area contributed by atoms with Crippen molar-refractivity contribution in [3.05, 3.63) is 96.2 Å².